The molecule has 0 atom stereocenters. The Morgan fingerprint density at radius 3 is 3.08 bits per heavy atom. The average Bonchev–Trinajstić information content (AvgIpc) is 2.01. The van der Waals surface area contributed by atoms with Gasteiger partial charge in [0.05, 0.1) is 0 Å². The van der Waals surface area contributed by atoms with E-state index in [1.165, 1.54) is 6.07 Å². The first kappa shape index (κ1) is 6.30. The lowest BCUT2D eigenvalue weighted by Crippen LogP contribution is -2.04. The highest BCUT2D eigenvalue weighted by molar-refractivity contribution is 5.19. The second-order valence-corrected chi connectivity index (χ2v) is 1.91. The van der Waals surface area contributed by atoms with Crippen LogP contribution >= 0.6 is 0 Å². The molecule has 0 aliphatic heterocycles. The molecule has 1 aromatic rings. The Hall–Kier alpha value is -1.23. The predicted octanol–water partition coefficient (Wildman–Crippen LogP) is 1.14. The molecule has 1 aromatic heterocycles. The van der Waals surface area contributed by atoms with E-state index >= 15 is 0 Å². The third-order valence-corrected chi connectivity index (χ3v) is 1.11. The molecule has 0 aliphatic carbocycles. The van der Waals surface area contributed by atoms with Crippen LogP contribution in [0.5, 0.6) is 5.88 Å². The number of rotatable bonds is 3. The van der Waals surface area contributed by atoms with Crippen molar-refractivity contribution in [1.82, 2.24) is 4.98 Å². The quantitative estimate of drug-likeness (QED) is 0.751. The summed E-state index contributed by atoms with van der Waals surface area (Å²) >= 11 is 0. The lowest BCUT2D eigenvalue weighted by atomic mass is 10.3. The van der Waals surface area contributed by atoms with E-state index in [4.69, 9.17) is 8.48 Å². The van der Waals surface area contributed by atoms with Crippen LogP contribution in [0.1, 0.15) is 8.30 Å². The number of nitrogens with two attached hydrogens (primary N) is 1. The molecule has 2 N–H and O–H groups in total. The fraction of sp³-hybridized carbons (Fsp3) is 0.286. The van der Waals surface area contributed by atoms with Gasteiger partial charge in [0, 0.05) is 21.5 Å². The maximum Gasteiger partial charge on any atom is 0.388 e. The summed E-state index contributed by atoms with van der Waals surface area (Å²) in [6.07, 6.45) is 1.15. The van der Waals surface area contributed by atoms with Crippen molar-refractivity contribution in [3.63, 3.8) is 0 Å². The lowest BCUT2D eigenvalue weighted by molar-refractivity contribution is -0.0528. The molecule has 3 nitrogen and oxygen atoms in total. The maximum atomic E-state index is 11.8. The summed E-state index contributed by atoms with van der Waals surface area (Å²) in [6, 6.07) is 2.32. The van der Waals surface area contributed by atoms with Gasteiger partial charge in [0.15, 0.2) is 0 Å². The molecule has 0 bridgehead atoms. The summed E-state index contributed by atoms with van der Waals surface area (Å²) in [4.78, 5) is 3.47. The highest BCUT2D eigenvalue weighted by Gasteiger charge is 2.04. The normalized spacial score (nSPS) is 14.0. The molecule has 1 heterocycles. The summed E-state index contributed by atoms with van der Waals surface area (Å²) < 4.78 is 41.8. The number of ether oxygens (including phenoxy) is 1. The van der Waals surface area contributed by atoms with Crippen molar-refractivity contribution in [3.8, 4) is 5.88 Å². The molecule has 1 rings (SSSR count). The van der Waals surface area contributed by atoms with Crippen LogP contribution < -0.4 is 10.5 Å². The zero-order valence-corrected chi connectivity index (χ0v) is 6.00. The topological polar surface area (TPSA) is 48.1 Å². The molecule has 5 heteroatoms. The summed E-state index contributed by atoms with van der Waals surface area (Å²) in [7, 11) is 0. The van der Waals surface area contributed by atoms with Gasteiger partial charge >= 0.3 is 6.61 Å². The molecule has 0 spiro atoms. The highest BCUT2D eigenvalue weighted by atomic mass is 19.3. The molecule has 66 valence electrons. The number of nitrogens with zero attached hydrogens (tertiary/aromatic N) is 1. The number of aromatic nitrogens is 1. The second kappa shape index (κ2) is 3.96. The fourth-order valence-corrected chi connectivity index (χ4v) is 0.655. The second-order valence-electron chi connectivity index (χ2n) is 1.91. The van der Waals surface area contributed by atoms with E-state index in [1.807, 2.05) is 0 Å². The Balaban J connectivity index is 2.90. The number of halogens is 2. The van der Waals surface area contributed by atoms with Crippen LogP contribution in [-0.2, 0) is 6.50 Å². The van der Waals surface area contributed by atoms with Gasteiger partial charge in [-0.25, -0.2) is 4.98 Å². The van der Waals surface area contributed by atoms with Crippen LogP contribution in [0.3, 0.4) is 0 Å². The molecule has 12 heavy (non-hydrogen) atoms. The first-order chi connectivity index (χ1) is 6.39. The van der Waals surface area contributed by atoms with Crippen molar-refractivity contribution in [3.05, 3.63) is 23.9 Å². The Morgan fingerprint density at radius 2 is 2.50 bits per heavy atom. The van der Waals surface area contributed by atoms with Crippen LogP contribution in [0.4, 0.5) is 8.78 Å². The zero-order valence-electron chi connectivity index (χ0n) is 8.00. The summed E-state index contributed by atoms with van der Waals surface area (Å²) in [5, 5.41) is 0. The van der Waals surface area contributed by atoms with Gasteiger partial charge in [-0.2, -0.15) is 8.78 Å². The van der Waals surface area contributed by atoms with Crippen LogP contribution in [0.2, 0.25) is 0 Å². The minimum absolute atomic E-state index is 0.0307. The number of hydrogen-bond acceptors (Lipinski definition) is 3. The SMILES string of the molecule is [2H]C([2H])(N)c1ccnc(OC(F)F)c1. The predicted molar refractivity (Wildman–Crippen MR) is 38.8 cm³/mol. The van der Waals surface area contributed by atoms with Gasteiger partial charge < -0.3 is 10.5 Å². The zero-order chi connectivity index (χ0) is 10.8. The fourth-order valence-electron chi connectivity index (χ4n) is 0.655. The Labute approximate surface area is 71.0 Å². The molecular formula is C7H8F2N2O. The van der Waals surface area contributed by atoms with E-state index in [-0.39, 0.29) is 11.4 Å². The van der Waals surface area contributed by atoms with Gasteiger partial charge in [-0.15, -0.1) is 0 Å². The van der Waals surface area contributed by atoms with Gasteiger partial charge in [0.1, 0.15) is 0 Å². The van der Waals surface area contributed by atoms with E-state index < -0.39 is 13.1 Å². The molecule has 0 aliphatic rings. The summed E-state index contributed by atoms with van der Waals surface area (Å²) in [5.74, 6) is -0.355. The summed E-state index contributed by atoms with van der Waals surface area (Å²) in [5.41, 5.74) is 5.15. The smallest absolute Gasteiger partial charge is 0.388 e. The Bertz CT molecular complexity index is 317. The number of hydrogen-bond donors (Lipinski definition) is 1. The average molecular weight is 176 g/mol. The van der Waals surface area contributed by atoms with Gasteiger partial charge in [-0.05, 0) is 11.6 Å². The Morgan fingerprint density at radius 1 is 1.75 bits per heavy atom. The van der Waals surface area contributed by atoms with Crippen LogP contribution in [0, 0.1) is 0 Å². The minimum Gasteiger partial charge on any atom is -0.417 e. The highest BCUT2D eigenvalue weighted by Crippen LogP contribution is 2.11. The molecule has 0 fully saturated rings. The van der Waals surface area contributed by atoms with E-state index in [2.05, 4.69) is 9.72 Å². The van der Waals surface area contributed by atoms with Crippen LogP contribution in [0.25, 0.3) is 0 Å². The van der Waals surface area contributed by atoms with Gasteiger partial charge in [-0.1, -0.05) is 0 Å². The molecule has 0 aromatic carbocycles. The molecule has 0 saturated carbocycles. The molecule has 0 saturated heterocycles. The first-order valence-corrected chi connectivity index (χ1v) is 3.10. The van der Waals surface area contributed by atoms with Gasteiger partial charge in [-0.3, -0.25) is 0 Å². The van der Waals surface area contributed by atoms with Crippen molar-refractivity contribution in [2.24, 2.45) is 5.73 Å². The standard InChI is InChI=1S/C7H8F2N2O/c8-7(9)12-6-3-5(4-10)1-2-11-6/h1-3,7H,4,10H2/i4D2. The third-order valence-electron chi connectivity index (χ3n) is 1.11. The van der Waals surface area contributed by atoms with Gasteiger partial charge in [0.2, 0.25) is 5.88 Å². The van der Waals surface area contributed by atoms with Gasteiger partial charge in [0.25, 0.3) is 0 Å². The molecular weight excluding hydrogens is 166 g/mol. The van der Waals surface area contributed by atoms with Crippen molar-refractivity contribution in [1.29, 1.82) is 0 Å². The lowest BCUT2D eigenvalue weighted by Gasteiger charge is -2.03. The van der Waals surface area contributed by atoms with Crippen LogP contribution in [0.15, 0.2) is 18.3 Å². The van der Waals surface area contributed by atoms with E-state index in [0.29, 0.717) is 0 Å². The summed E-state index contributed by atoms with van der Waals surface area (Å²) in [6.45, 7) is -5.08. The Kier molecular flexibility index (Phi) is 2.08. The van der Waals surface area contributed by atoms with Crippen molar-refractivity contribution >= 4 is 0 Å². The molecule has 0 unspecified atom stereocenters. The maximum absolute atomic E-state index is 11.8. The van der Waals surface area contributed by atoms with Crippen LogP contribution in [-0.4, -0.2) is 11.6 Å². The van der Waals surface area contributed by atoms with Crippen molar-refractivity contribution < 1.29 is 16.3 Å². The number of alkyl halides is 2. The third kappa shape index (κ3) is 2.43. The molecule has 0 amide bonds. The number of pyridine rings is 1. The van der Waals surface area contributed by atoms with Crippen molar-refractivity contribution in [2.45, 2.75) is 13.1 Å². The van der Waals surface area contributed by atoms with Crippen molar-refractivity contribution in [2.75, 3.05) is 0 Å². The van der Waals surface area contributed by atoms with E-state index in [0.717, 1.165) is 12.3 Å². The van der Waals surface area contributed by atoms with E-state index in [1.54, 1.807) is 0 Å². The largest absolute Gasteiger partial charge is 0.417 e. The monoisotopic (exact) mass is 176 g/mol. The minimum atomic E-state index is -2.98. The van der Waals surface area contributed by atoms with E-state index in [9.17, 15) is 8.78 Å². The first-order valence-electron chi connectivity index (χ1n) is 4.10. The molecule has 0 radical (unpaired) electrons.